The molecule has 1 aliphatic heterocycles. The number of nitrogens with one attached hydrogen (secondary N) is 1. The van der Waals surface area contributed by atoms with Crippen LogP contribution < -0.4 is 10.2 Å². The van der Waals surface area contributed by atoms with Gasteiger partial charge in [-0.1, -0.05) is 17.7 Å². The number of benzene rings is 2. The number of anilines is 2. The van der Waals surface area contributed by atoms with E-state index in [0.29, 0.717) is 49.1 Å². The van der Waals surface area contributed by atoms with E-state index >= 15 is 0 Å². The van der Waals surface area contributed by atoms with E-state index in [1.54, 1.807) is 29.2 Å². The highest BCUT2D eigenvalue weighted by molar-refractivity contribution is 6.31. The molecule has 0 unspecified atom stereocenters. The minimum absolute atomic E-state index is 0.0444. The van der Waals surface area contributed by atoms with Crippen molar-refractivity contribution in [2.24, 2.45) is 0 Å². The lowest BCUT2D eigenvalue weighted by molar-refractivity contribution is -0.138. The number of carbonyl (C=O) groups is 1. The molecule has 2 aromatic rings. The Bertz CT molecular complexity index is 1060. The molecule has 1 N–H and O–H groups in total. The topological polar surface area (TPSA) is 42.1 Å². The van der Waals surface area contributed by atoms with Crippen LogP contribution in [0.1, 0.15) is 22.3 Å². The summed E-state index contributed by atoms with van der Waals surface area (Å²) in [6.07, 6.45) is -5.03. The fourth-order valence-corrected chi connectivity index (χ4v) is 4.33. The minimum Gasteiger partial charge on any atom is -0.367 e. The number of halogens is 5. The van der Waals surface area contributed by atoms with E-state index in [0.717, 1.165) is 18.7 Å². The van der Waals surface area contributed by atoms with Crippen LogP contribution in [0.5, 0.6) is 0 Å². The van der Waals surface area contributed by atoms with E-state index in [1.807, 2.05) is 26.0 Å². The molecule has 1 saturated heterocycles. The smallest absolute Gasteiger partial charge is 0.367 e. The van der Waals surface area contributed by atoms with Crippen molar-refractivity contribution in [1.82, 2.24) is 14.7 Å². The lowest BCUT2D eigenvalue weighted by Crippen LogP contribution is -2.47. The molecule has 6 nitrogen and oxygen atoms in total. The van der Waals surface area contributed by atoms with Crippen molar-refractivity contribution in [2.45, 2.75) is 19.1 Å². The molecule has 204 valence electrons. The van der Waals surface area contributed by atoms with Gasteiger partial charge in [-0.05, 0) is 57.0 Å². The van der Waals surface area contributed by atoms with Crippen LogP contribution in [0.2, 0.25) is 5.02 Å². The average molecular weight is 544 g/mol. The third kappa shape index (κ3) is 9.14. The predicted octanol–water partition coefficient (Wildman–Crippen LogP) is 4.80. The van der Waals surface area contributed by atoms with Crippen LogP contribution in [0, 0.1) is 5.82 Å². The van der Waals surface area contributed by atoms with Gasteiger partial charge >= 0.3 is 6.18 Å². The Morgan fingerprint density at radius 2 is 1.73 bits per heavy atom. The first kappa shape index (κ1) is 29.2. The summed E-state index contributed by atoms with van der Waals surface area (Å²) in [7, 11) is 5.94. The standard InChI is InChI=1S/C26H34ClF4N5O/c1-33(2)10-11-34(3)18-19-4-6-21(22(28)16-19)25(37)32-23-7-5-20(27)17-24(23)36-14-12-35(13-15-36)9-8-26(29,30)31/h4-7,16-17H,8-15,18H2,1-3H3,(H,32,37). The zero-order chi connectivity index (χ0) is 27.2. The Morgan fingerprint density at radius 1 is 1.03 bits per heavy atom. The summed E-state index contributed by atoms with van der Waals surface area (Å²) >= 11 is 6.20. The predicted molar refractivity (Wildman–Crippen MR) is 140 cm³/mol. The van der Waals surface area contributed by atoms with Gasteiger partial charge in [0.05, 0.1) is 23.4 Å². The van der Waals surface area contributed by atoms with Crippen molar-refractivity contribution in [1.29, 1.82) is 0 Å². The van der Waals surface area contributed by atoms with Gasteiger partial charge in [0.2, 0.25) is 0 Å². The van der Waals surface area contributed by atoms with Gasteiger partial charge in [-0.15, -0.1) is 0 Å². The zero-order valence-corrected chi connectivity index (χ0v) is 22.2. The first-order valence-corrected chi connectivity index (χ1v) is 12.6. The number of likely N-dealkylation sites (N-methyl/N-ethyl adjacent to an activating group) is 2. The van der Waals surface area contributed by atoms with Gasteiger partial charge in [-0.2, -0.15) is 13.2 Å². The van der Waals surface area contributed by atoms with Crippen molar-refractivity contribution in [2.75, 3.05) is 77.2 Å². The number of carbonyl (C=O) groups excluding carboxylic acids is 1. The van der Waals surface area contributed by atoms with Crippen LogP contribution >= 0.6 is 11.6 Å². The summed E-state index contributed by atoms with van der Waals surface area (Å²) in [5, 5.41) is 3.24. The molecule has 2 aromatic carbocycles. The van der Waals surface area contributed by atoms with Gasteiger partial charge in [0.15, 0.2) is 0 Å². The molecule has 1 fully saturated rings. The summed E-state index contributed by atoms with van der Waals surface area (Å²) in [6.45, 7) is 4.08. The Hall–Kier alpha value is -2.40. The SMILES string of the molecule is CN(C)CCN(C)Cc1ccc(C(=O)Nc2ccc(Cl)cc2N2CCN(CCC(F)(F)F)CC2)c(F)c1. The first-order valence-electron chi connectivity index (χ1n) is 12.2. The quantitative estimate of drug-likeness (QED) is 0.436. The molecule has 37 heavy (non-hydrogen) atoms. The third-order valence-electron chi connectivity index (χ3n) is 6.29. The summed E-state index contributed by atoms with van der Waals surface area (Å²) in [4.78, 5) is 20.8. The van der Waals surface area contributed by atoms with Crippen LogP contribution in [-0.2, 0) is 6.54 Å². The van der Waals surface area contributed by atoms with E-state index < -0.39 is 24.3 Å². The monoisotopic (exact) mass is 543 g/mol. The number of nitrogens with zero attached hydrogens (tertiary/aromatic N) is 4. The van der Waals surface area contributed by atoms with Crippen molar-refractivity contribution in [3.8, 4) is 0 Å². The number of piperazine rings is 1. The van der Waals surface area contributed by atoms with Crippen molar-refractivity contribution in [3.63, 3.8) is 0 Å². The van der Waals surface area contributed by atoms with Crippen LogP contribution in [0.25, 0.3) is 0 Å². The van der Waals surface area contributed by atoms with Gasteiger partial charge in [0, 0.05) is 57.4 Å². The molecule has 1 amide bonds. The van der Waals surface area contributed by atoms with Crippen LogP contribution in [0.4, 0.5) is 28.9 Å². The maximum absolute atomic E-state index is 14.9. The number of amides is 1. The second-order valence-corrected chi connectivity index (χ2v) is 10.1. The zero-order valence-electron chi connectivity index (χ0n) is 21.4. The van der Waals surface area contributed by atoms with Gasteiger partial charge in [-0.25, -0.2) is 4.39 Å². The molecule has 0 bridgehead atoms. The number of rotatable bonds is 10. The Labute approximate surface area is 220 Å². The highest BCUT2D eigenvalue weighted by Crippen LogP contribution is 2.31. The third-order valence-corrected chi connectivity index (χ3v) is 6.53. The van der Waals surface area contributed by atoms with E-state index in [2.05, 4.69) is 15.1 Å². The molecule has 1 heterocycles. The molecule has 0 aromatic heterocycles. The largest absolute Gasteiger partial charge is 0.390 e. The molecule has 0 spiro atoms. The summed E-state index contributed by atoms with van der Waals surface area (Å²) in [5.41, 5.74) is 1.81. The second kappa shape index (κ2) is 12.9. The summed E-state index contributed by atoms with van der Waals surface area (Å²) < 4.78 is 52.5. The Balaban J connectivity index is 1.65. The lowest BCUT2D eigenvalue weighted by atomic mass is 10.1. The van der Waals surface area contributed by atoms with Gasteiger partial charge in [0.1, 0.15) is 5.82 Å². The molecule has 11 heteroatoms. The highest BCUT2D eigenvalue weighted by Gasteiger charge is 2.29. The van der Waals surface area contributed by atoms with Crippen molar-refractivity contribution >= 4 is 28.9 Å². The molecule has 3 rings (SSSR count). The summed E-state index contributed by atoms with van der Waals surface area (Å²) in [6, 6.07) is 9.58. The number of alkyl halides is 3. The molecular formula is C26H34ClF4N5O. The highest BCUT2D eigenvalue weighted by atomic mass is 35.5. The fourth-order valence-electron chi connectivity index (χ4n) is 4.16. The second-order valence-electron chi connectivity index (χ2n) is 9.66. The van der Waals surface area contributed by atoms with Crippen molar-refractivity contribution in [3.05, 3.63) is 58.4 Å². The molecular weight excluding hydrogens is 510 g/mol. The minimum atomic E-state index is -4.18. The first-order chi connectivity index (χ1) is 17.4. The maximum Gasteiger partial charge on any atom is 0.390 e. The molecule has 0 radical (unpaired) electrons. The van der Waals surface area contributed by atoms with Crippen molar-refractivity contribution < 1.29 is 22.4 Å². The lowest BCUT2D eigenvalue weighted by Gasteiger charge is -2.37. The van der Waals surface area contributed by atoms with E-state index in [9.17, 15) is 22.4 Å². The van der Waals surface area contributed by atoms with Crippen LogP contribution in [-0.4, -0.2) is 93.7 Å². The van der Waals surface area contributed by atoms with E-state index in [1.165, 1.54) is 12.1 Å². The van der Waals surface area contributed by atoms with E-state index in [-0.39, 0.29) is 12.1 Å². The summed E-state index contributed by atoms with van der Waals surface area (Å²) in [5.74, 6) is -1.19. The maximum atomic E-state index is 14.9. The van der Waals surface area contributed by atoms with Gasteiger partial charge < -0.3 is 20.0 Å². The molecule has 1 aliphatic rings. The van der Waals surface area contributed by atoms with Crippen LogP contribution in [0.15, 0.2) is 36.4 Å². The van der Waals surface area contributed by atoms with Crippen LogP contribution in [0.3, 0.4) is 0 Å². The van der Waals surface area contributed by atoms with Gasteiger partial charge in [-0.3, -0.25) is 9.69 Å². The number of hydrogen-bond donors (Lipinski definition) is 1. The molecule has 0 aliphatic carbocycles. The fraction of sp³-hybridized carbons (Fsp3) is 0.500. The Kier molecular flexibility index (Phi) is 10.2. The van der Waals surface area contributed by atoms with Gasteiger partial charge in [0.25, 0.3) is 5.91 Å². The molecule has 0 saturated carbocycles. The van der Waals surface area contributed by atoms with E-state index in [4.69, 9.17) is 11.6 Å². The molecule has 0 atom stereocenters. The normalized spacial score (nSPS) is 15.0. The average Bonchev–Trinajstić information content (AvgIpc) is 2.82. The number of hydrogen-bond acceptors (Lipinski definition) is 5. The Morgan fingerprint density at radius 3 is 2.35 bits per heavy atom.